The molecular formula is C14H13IO2. The molecule has 0 bridgehead atoms. The van der Waals surface area contributed by atoms with Crippen molar-refractivity contribution in [3.05, 3.63) is 42.0 Å². The maximum Gasteiger partial charge on any atom is 0.147 e. The van der Waals surface area contributed by atoms with E-state index in [2.05, 4.69) is 28.7 Å². The largest absolute Gasteiger partial charge is 0.497 e. The van der Waals surface area contributed by atoms with E-state index in [1.165, 1.54) is 0 Å². The van der Waals surface area contributed by atoms with Crippen LogP contribution in [-0.4, -0.2) is 12.9 Å². The zero-order chi connectivity index (χ0) is 12.4. The fraction of sp³-hybridized carbons (Fsp3) is 0.214. The Hall–Kier alpha value is -1.10. The SMILES string of the molecule is COc1ccc2cc(C(I)C(C)=O)ccc2c1. The van der Waals surface area contributed by atoms with Crippen molar-refractivity contribution in [1.29, 1.82) is 0 Å². The van der Waals surface area contributed by atoms with Crippen LogP contribution in [-0.2, 0) is 4.79 Å². The van der Waals surface area contributed by atoms with Crippen LogP contribution in [0, 0.1) is 0 Å². The molecule has 2 nitrogen and oxygen atoms in total. The summed E-state index contributed by atoms with van der Waals surface area (Å²) in [5.41, 5.74) is 1.05. The van der Waals surface area contributed by atoms with Crippen molar-refractivity contribution in [2.45, 2.75) is 10.8 Å². The zero-order valence-corrected chi connectivity index (χ0v) is 11.9. The second kappa shape index (κ2) is 5.04. The number of ether oxygens (including phenoxy) is 1. The molecule has 2 aromatic rings. The van der Waals surface area contributed by atoms with Gasteiger partial charge in [-0.3, -0.25) is 4.79 Å². The Balaban J connectivity index is 2.48. The van der Waals surface area contributed by atoms with Crippen LogP contribution in [0.2, 0.25) is 0 Å². The number of rotatable bonds is 3. The first-order valence-corrected chi connectivity index (χ1v) is 6.58. The number of methoxy groups -OCH3 is 1. The van der Waals surface area contributed by atoms with E-state index in [4.69, 9.17) is 4.74 Å². The molecule has 0 spiro atoms. The molecule has 1 unspecified atom stereocenters. The van der Waals surface area contributed by atoms with Gasteiger partial charge in [-0.2, -0.15) is 0 Å². The summed E-state index contributed by atoms with van der Waals surface area (Å²) < 4.78 is 5.11. The number of alkyl halides is 1. The second-order valence-electron chi connectivity index (χ2n) is 3.95. The average molecular weight is 340 g/mol. The standard InChI is InChI=1S/C14H13IO2/c1-9(16)14(15)12-4-3-11-8-13(17-2)6-5-10(11)7-12/h3-8,14H,1-2H3. The fourth-order valence-corrected chi connectivity index (χ4v) is 2.15. The van der Waals surface area contributed by atoms with Crippen LogP contribution in [0.5, 0.6) is 5.75 Å². The highest BCUT2D eigenvalue weighted by Crippen LogP contribution is 2.28. The Morgan fingerprint density at radius 2 is 1.82 bits per heavy atom. The van der Waals surface area contributed by atoms with Crippen LogP contribution in [0.3, 0.4) is 0 Å². The second-order valence-corrected chi connectivity index (χ2v) is 5.19. The predicted molar refractivity (Wildman–Crippen MR) is 77.9 cm³/mol. The Morgan fingerprint density at radius 3 is 2.47 bits per heavy atom. The lowest BCUT2D eigenvalue weighted by atomic mass is 10.0. The first-order chi connectivity index (χ1) is 8.11. The van der Waals surface area contributed by atoms with Gasteiger partial charge in [0.15, 0.2) is 0 Å². The molecule has 0 aliphatic carbocycles. The molecule has 2 rings (SSSR count). The number of benzene rings is 2. The summed E-state index contributed by atoms with van der Waals surface area (Å²) in [7, 11) is 1.66. The highest BCUT2D eigenvalue weighted by molar-refractivity contribution is 14.1. The van der Waals surface area contributed by atoms with Gasteiger partial charge < -0.3 is 4.74 Å². The first-order valence-electron chi connectivity index (χ1n) is 5.34. The molecule has 0 saturated heterocycles. The first kappa shape index (κ1) is 12.4. The summed E-state index contributed by atoms with van der Waals surface area (Å²) in [6, 6.07) is 12.0. The lowest BCUT2D eigenvalue weighted by Gasteiger charge is -2.08. The third kappa shape index (κ3) is 2.60. The van der Waals surface area contributed by atoms with Gasteiger partial charge in [-0.1, -0.05) is 40.8 Å². The number of ketones is 1. The monoisotopic (exact) mass is 340 g/mol. The van der Waals surface area contributed by atoms with Gasteiger partial charge in [-0.25, -0.2) is 0 Å². The van der Waals surface area contributed by atoms with Crippen molar-refractivity contribution in [3.63, 3.8) is 0 Å². The molecule has 17 heavy (non-hydrogen) atoms. The molecule has 0 fully saturated rings. The van der Waals surface area contributed by atoms with Gasteiger partial charge in [0.25, 0.3) is 0 Å². The highest BCUT2D eigenvalue weighted by Gasteiger charge is 2.12. The van der Waals surface area contributed by atoms with Crippen molar-refractivity contribution in [1.82, 2.24) is 0 Å². The number of halogens is 1. The van der Waals surface area contributed by atoms with Gasteiger partial charge in [-0.05, 0) is 41.5 Å². The van der Waals surface area contributed by atoms with Crippen LogP contribution < -0.4 is 4.74 Å². The van der Waals surface area contributed by atoms with E-state index in [9.17, 15) is 4.79 Å². The molecule has 3 heteroatoms. The maximum atomic E-state index is 11.4. The number of hydrogen-bond donors (Lipinski definition) is 0. The van der Waals surface area contributed by atoms with Gasteiger partial charge >= 0.3 is 0 Å². The summed E-state index contributed by atoms with van der Waals surface area (Å²) in [5, 5.41) is 2.26. The molecule has 1 atom stereocenters. The summed E-state index contributed by atoms with van der Waals surface area (Å²) in [6.07, 6.45) is 0. The van der Waals surface area contributed by atoms with Gasteiger partial charge in [0.2, 0.25) is 0 Å². The third-order valence-electron chi connectivity index (χ3n) is 2.72. The zero-order valence-electron chi connectivity index (χ0n) is 9.74. The molecular weight excluding hydrogens is 327 g/mol. The molecule has 0 heterocycles. The number of carbonyl (C=O) groups is 1. The lowest BCUT2D eigenvalue weighted by Crippen LogP contribution is -2.00. The quantitative estimate of drug-likeness (QED) is 0.626. The molecule has 0 amide bonds. The molecule has 88 valence electrons. The predicted octanol–water partition coefficient (Wildman–Crippen LogP) is 3.91. The molecule has 0 aromatic heterocycles. The van der Waals surface area contributed by atoms with Crippen molar-refractivity contribution < 1.29 is 9.53 Å². The van der Waals surface area contributed by atoms with E-state index >= 15 is 0 Å². The summed E-state index contributed by atoms with van der Waals surface area (Å²) in [4.78, 5) is 11.4. The van der Waals surface area contributed by atoms with E-state index in [1.54, 1.807) is 14.0 Å². The van der Waals surface area contributed by atoms with Crippen molar-refractivity contribution in [2.75, 3.05) is 7.11 Å². The summed E-state index contributed by atoms with van der Waals surface area (Å²) in [6.45, 7) is 1.62. The van der Waals surface area contributed by atoms with Crippen LogP contribution in [0.15, 0.2) is 36.4 Å². The van der Waals surface area contributed by atoms with Crippen LogP contribution in [0.1, 0.15) is 16.4 Å². The molecule has 0 radical (unpaired) electrons. The number of hydrogen-bond acceptors (Lipinski definition) is 2. The Labute approximate surface area is 114 Å². The van der Waals surface area contributed by atoms with Crippen molar-refractivity contribution in [2.24, 2.45) is 0 Å². The van der Waals surface area contributed by atoms with Crippen LogP contribution >= 0.6 is 22.6 Å². The molecule has 0 N–H and O–H groups in total. The average Bonchev–Trinajstić information content (AvgIpc) is 2.36. The minimum atomic E-state index is -0.0703. The number of Topliss-reactive ketones (excluding diaryl/α,β-unsaturated/α-hetero) is 1. The topological polar surface area (TPSA) is 26.3 Å². The summed E-state index contributed by atoms with van der Waals surface area (Å²) in [5.74, 6) is 1.03. The molecule has 0 aliphatic rings. The van der Waals surface area contributed by atoms with E-state index in [1.807, 2.05) is 30.3 Å². The molecule has 2 aromatic carbocycles. The smallest absolute Gasteiger partial charge is 0.147 e. The molecule has 0 saturated carbocycles. The third-order valence-corrected chi connectivity index (χ3v) is 4.32. The van der Waals surface area contributed by atoms with Gasteiger partial charge in [0.05, 0.1) is 11.0 Å². The van der Waals surface area contributed by atoms with Crippen molar-refractivity contribution in [3.8, 4) is 5.75 Å². The van der Waals surface area contributed by atoms with Crippen LogP contribution in [0.4, 0.5) is 0 Å². The summed E-state index contributed by atoms with van der Waals surface area (Å²) >= 11 is 2.17. The Bertz CT molecular complexity index is 563. The number of fused-ring (bicyclic) bond motifs is 1. The van der Waals surface area contributed by atoms with Gasteiger partial charge in [-0.15, -0.1) is 0 Å². The number of carbonyl (C=O) groups excluding carboxylic acids is 1. The van der Waals surface area contributed by atoms with E-state index < -0.39 is 0 Å². The van der Waals surface area contributed by atoms with Crippen LogP contribution in [0.25, 0.3) is 10.8 Å². The Morgan fingerprint density at radius 1 is 1.18 bits per heavy atom. The van der Waals surface area contributed by atoms with Gasteiger partial charge in [0, 0.05) is 0 Å². The Kier molecular flexibility index (Phi) is 3.66. The lowest BCUT2D eigenvalue weighted by molar-refractivity contribution is -0.116. The highest BCUT2D eigenvalue weighted by atomic mass is 127. The van der Waals surface area contributed by atoms with Crippen molar-refractivity contribution >= 4 is 39.1 Å². The minimum Gasteiger partial charge on any atom is -0.497 e. The van der Waals surface area contributed by atoms with E-state index in [-0.39, 0.29) is 9.71 Å². The van der Waals surface area contributed by atoms with E-state index in [0.29, 0.717) is 0 Å². The normalized spacial score (nSPS) is 12.4. The van der Waals surface area contributed by atoms with Gasteiger partial charge in [0.1, 0.15) is 11.5 Å². The molecule has 0 aliphatic heterocycles. The maximum absolute atomic E-state index is 11.4. The fourth-order valence-electron chi connectivity index (χ4n) is 1.76. The van der Waals surface area contributed by atoms with E-state index in [0.717, 1.165) is 22.1 Å². The minimum absolute atomic E-state index is 0.0703.